The number of nitro groups is 2. The van der Waals surface area contributed by atoms with Gasteiger partial charge in [-0.05, 0) is 0 Å². The Morgan fingerprint density at radius 3 is 2.00 bits per heavy atom. The summed E-state index contributed by atoms with van der Waals surface area (Å²) in [6.07, 6.45) is 0. The topological polar surface area (TPSA) is 124 Å². The number of nitrogens with zero attached hydrogens (tertiary/aromatic N) is 2. The van der Waals surface area contributed by atoms with Gasteiger partial charge in [0, 0.05) is 6.07 Å². The summed E-state index contributed by atoms with van der Waals surface area (Å²) in [5.74, 6) is -3.14. The first-order chi connectivity index (χ1) is 7.34. The van der Waals surface area contributed by atoms with Crippen LogP contribution >= 0.6 is 0 Å². The predicted octanol–water partition coefficient (Wildman–Crippen LogP) is 1.34. The fourth-order valence-corrected chi connectivity index (χ4v) is 1.01. The minimum Gasteiger partial charge on any atom is -0.478 e. The molecule has 0 bridgehead atoms. The van der Waals surface area contributed by atoms with E-state index in [-0.39, 0.29) is 6.07 Å². The zero-order valence-corrected chi connectivity index (χ0v) is 7.42. The Balaban J connectivity index is 3.55. The molecule has 1 rings (SSSR count). The number of rotatable bonds is 3. The van der Waals surface area contributed by atoms with E-state index in [1.165, 1.54) is 0 Å². The van der Waals surface area contributed by atoms with Gasteiger partial charge in [0.05, 0.1) is 15.9 Å². The van der Waals surface area contributed by atoms with Crippen molar-refractivity contribution in [2.45, 2.75) is 0 Å². The van der Waals surface area contributed by atoms with Crippen molar-refractivity contribution in [1.82, 2.24) is 0 Å². The molecule has 0 radical (unpaired) electrons. The summed E-state index contributed by atoms with van der Waals surface area (Å²) >= 11 is 0. The molecule has 84 valence electrons. The van der Waals surface area contributed by atoms with E-state index in [1.807, 2.05) is 0 Å². The first-order valence-electron chi connectivity index (χ1n) is 3.70. The number of carboxylic acid groups (broad SMARTS) is 1. The molecule has 0 unspecified atom stereocenters. The largest absolute Gasteiger partial charge is 0.478 e. The summed E-state index contributed by atoms with van der Waals surface area (Å²) in [4.78, 5) is 28.9. The highest BCUT2D eigenvalue weighted by Gasteiger charge is 2.29. The normalized spacial score (nSPS) is 9.81. The Labute approximate surface area is 86.2 Å². The molecule has 1 N–H and O–H groups in total. The minimum atomic E-state index is -1.74. The van der Waals surface area contributed by atoms with Crippen LogP contribution in [-0.4, -0.2) is 20.9 Å². The van der Waals surface area contributed by atoms with Crippen LogP contribution in [0.4, 0.5) is 15.8 Å². The molecular weight excluding hydrogens is 227 g/mol. The van der Waals surface area contributed by atoms with Crippen LogP contribution in [0.3, 0.4) is 0 Å². The highest BCUT2D eigenvalue weighted by molar-refractivity contribution is 5.89. The lowest BCUT2D eigenvalue weighted by molar-refractivity contribution is -0.422. The van der Waals surface area contributed by atoms with Crippen molar-refractivity contribution in [1.29, 1.82) is 0 Å². The molecule has 0 heterocycles. The standard InChI is InChI=1S/C7H3FN2O6/c8-4-2-6(10(15)16)5(9(13)14)1-3(4)7(11)12/h1-2H,(H,11,12). The maximum absolute atomic E-state index is 13.0. The fourth-order valence-electron chi connectivity index (χ4n) is 1.01. The summed E-state index contributed by atoms with van der Waals surface area (Å²) in [5, 5.41) is 29.2. The lowest BCUT2D eigenvalue weighted by Gasteiger charge is -1.98. The summed E-state index contributed by atoms with van der Waals surface area (Å²) in [6, 6.07) is 0.525. The number of hydrogen-bond donors (Lipinski definition) is 1. The van der Waals surface area contributed by atoms with Crippen LogP contribution < -0.4 is 0 Å². The van der Waals surface area contributed by atoms with Crippen molar-refractivity contribution in [2.24, 2.45) is 0 Å². The van der Waals surface area contributed by atoms with Crippen LogP contribution in [0.5, 0.6) is 0 Å². The maximum atomic E-state index is 13.0. The van der Waals surface area contributed by atoms with Crippen LogP contribution in [0, 0.1) is 26.0 Å². The van der Waals surface area contributed by atoms with Crippen molar-refractivity contribution in [3.8, 4) is 0 Å². The van der Waals surface area contributed by atoms with Gasteiger partial charge in [-0.2, -0.15) is 0 Å². The molecule has 0 aliphatic rings. The summed E-state index contributed by atoms with van der Waals surface area (Å²) in [6.45, 7) is 0. The summed E-state index contributed by atoms with van der Waals surface area (Å²) in [7, 11) is 0. The first kappa shape index (κ1) is 11.5. The molecule has 8 nitrogen and oxygen atoms in total. The zero-order valence-electron chi connectivity index (χ0n) is 7.42. The van der Waals surface area contributed by atoms with E-state index < -0.39 is 38.6 Å². The van der Waals surface area contributed by atoms with E-state index in [4.69, 9.17) is 5.11 Å². The molecule has 0 fully saturated rings. The number of halogens is 1. The predicted molar refractivity (Wildman–Crippen MR) is 46.7 cm³/mol. The third kappa shape index (κ3) is 1.92. The minimum absolute atomic E-state index is 0.210. The third-order valence-corrected chi connectivity index (χ3v) is 1.69. The SMILES string of the molecule is O=C(O)c1cc([N+](=O)[O-])c([N+](=O)[O-])cc1F. The summed E-state index contributed by atoms with van der Waals surface area (Å²) < 4.78 is 13.0. The molecule has 9 heteroatoms. The molecule has 0 aliphatic carbocycles. The fraction of sp³-hybridized carbons (Fsp3) is 0. The maximum Gasteiger partial charge on any atom is 0.349 e. The van der Waals surface area contributed by atoms with Crippen LogP contribution in [0.15, 0.2) is 12.1 Å². The van der Waals surface area contributed by atoms with Gasteiger partial charge in [0.15, 0.2) is 0 Å². The van der Waals surface area contributed by atoms with Crippen molar-refractivity contribution in [3.63, 3.8) is 0 Å². The second kappa shape index (κ2) is 3.88. The van der Waals surface area contributed by atoms with Gasteiger partial charge < -0.3 is 5.11 Å². The Kier molecular flexibility index (Phi) is 2.79. The highest BCUT2D eigenvalue weighted by atomic mass is 19.1. The van der Waals surface area contributed by atoms with Gasteiger partial charge in [0.2, 0.25) is 0 Å². The lowest BCUT2D eigenvalue weighted by atomic mass is 10.1. The van der Waals surface area contributed by atoms with Crippen LogP contribution in [0.1, 0.15) is 10.4 Å². The highest BCUT2D eigenvalue weighted by Crippen LogP contribution is 2.29. The van der Waals surface area contributed by atoms with Crippen LogP contribution in [0.25, 0.3) is 0 Å². The molecule has 0 amide bonds. The van der Waals surface area contributed by atoms with Gasteiger partial charge >= 0.3 is 17.3 Å². The Morgan fingerprint density at radius 1 is 1.19 bits per heavy atom. The van der Waals surface area contributed by atoms with E-state index >= 15 is 0 Å². The molecule has 16 heavy (non-hydrogen) atoms. The summed E-state index contributed by atoms with van der Waals surface area (Å²) in [5.41, 5.74) is -3.14. The monoisotopic (exact) mass is 230 g/mol. The molecular formula is C7H3FN2O6. The van der Waals surface area contributed by atoms with Crippen LogP contribution in [0.2, 0.25) is 0 Å². The van der Waals surface area contributed by atoms with E-state index in [2.05, 4.69) is 0 Å². The average Bonchev–Trinajstić information content (AvgIpc) is 2.15. The van der Waals surface area contributed by atoms with Crippen molar-refractivity contribution in [3.05, 3.63) is 43.7 Å². The van der Waals surface area contributed by atoms with Gasteiger partial charge in [0.1, 0.15) is 11.4 Å². The Hall–Kier alpha value is -2.58. The lowest BCUT2D eigenvalue weighted by Crippen LogP contribution is -2.05. The van der Waals surface area contributed by atoms with Crippen LogP contribution in [-0.2, 0) is 0 Å². The molecule has 0 spiro atoms. The molecule has 0 aromatic heterocycles. The third-order valence-electron chi connectivity index (χ3n) is 1.69. The molecule has 1 aromatic rings. The molecule has 0 atom stereocenters. The van der Waals surface area contributed by atoms with Crippen molar-refractivity contribution < 1.29 is 24.1 Å². The number of nitro benzene ring substituents is 2. The molecule has 0 saturated heterocycles. The smallest absolute Gasteiger partial charge is 0.349 e. The number of carboxylic acids is 1. The molecule has 0 aliphatic heterocycles. The van der Waals surface area contributed by atoms with Gasteiger partial charge in [-0.25, -0.2) is 9.18 Å². The second-order valence-electron chi connectivity index (χ2n) is 2.64. The first-order valence-corrected chi connectivity index (χ1v) is 3.70. The Bertz CT molecular complexity index is 500. The van der Waals surface area contributed by atoms with Crippen molar-refractivity contribution in [2.75, 3.05) is 0 Å². The van der Waals surface area contributed by atoms with Gasteiger partial charge in [-0.3, -0.25) is 20.2 Å². The number of carbonyl (C=O) groups is 1. The quantitative estimate of drug-likeness (QED) is 0.617. The van der Waals surface area contributed by atoms with E-state index in [1.54, 1.807) is 0 Å². The molecule has 0 saturated carbocycles. The van der Waals surface area contributed by atoms with Gasteiger partial charge in [-0.1, -0.05) is 0 Å². The van der Waals surface area contributed by atoms with E-state index in [0.717, 1.165) is 0 Å². The number of hydrogen-bond acceptors (Lipinski definition) is 5. The second-order valence-corrected chi connectivity index (χ2v) is 2.64. The van der Waals surface area contributed by atoms with Gasteiger partial charge in [0.25, 0.3) is 0 Å². The van der Waals surface area contributed by atoms with E-state index in [9.17, 15) is 29.4 Å². The molecule has 1 aromatic carbocycles. The van der Waals surface area contributed by atoms with E-state index in [0.29, 0.717) is 6.07 Å². The zero-order chi connectivity index (χ0) is 12.5. The van der Waals surface area contributed by atoms with Crippen molar-refractivity contribution >= 4 is 17.3 Å². The Morgan fingerprint density at radius 2 is 1.62 bits per heavy atom. The van der Waals surface area contributed by atoms with Gasteiger partial charge in [-0.15, -0.1) is 0 Å². The number of benzene rings is 1. The average molecular weight is 230 g/mol. The number of aromatic carboxylic acids is 1.